The molecule has 10 nitrogen and oxygen atoms in total. The van der Waals surface area contributed by atoms with Crippen LogP contribution in [-0.4, -0.2) is 49.9 Å². The highest BCUT2D eigenvalue weighted by molar-refractivity contribution is 5.83. The molecule has 0 unspecified atom stereocenters. The molecule has 0 amide bonds. The van der Waals surface area contributed by atoms with E-state index in [0.29, 0.717) is 0 Å². The van der Waals surface area contributed by atoms with Crippen LogP contribution in [0.15, 0.2) is 0 Å². The molecule has 3 rings (SSSR count). The van der Waals surface area contributed by atoms with Crippen LogP contribution in [-0.2, 0) is 14.3 Å². The Morgan fingerprint density at radius 1 is 1.53 bits per heavy atom. The summed E-state index contributed by atoms with van der Waals surface area (Å²) in [5.41, 5.74) is 0. The van der Waals surface area contributed by atoms with Crippen LogP contribution in [0.1, 0.15) is 12.5 Å². The van der Waals surface area contributed by atoms with E-state index < -0.39 is 23.2 Å². The van der Waals surface area contributed by atoms with E-state index in [9.17, 15) is 14.9 Å². The number of nitro groups is 1. The van der Waals surface area contributed by atoms with E-state index in [1.54, 1.807) is 0 Å². The number of carbonyl (C=O) groups excluding carboxylic acids is 1. The molecule has 2 bridgehead atoms. The predicted octanol–water partition coefficient (Wildman–Crippen LogP) is -1.16. The van der Waals surface area contributed by atoms with Gasteiger partial charge in [0.15, 0.2) is 5.78 Å². The molecule has 2 aliphatic rings. The van der Waals surface area contributed by atoms with Gasteiger partial charge in [-0.2, -0.15) is 0 Å². The fourth-order valence-electron chi connectivity index (χ4n) is 1.89. The molecule has 0 radical (unpaired) electrons. The monoisotopic (exact) mass is 241 g/mol. The number of hydrogen-bond donors (Lipinski definition) is 0. The molecule has 17 heavy (non-hydrogen) atoms. The summed E-state index contributed by atoms with van der Waals surface area (Å²) in [5, 5.41) is 20.8. The Kier molecular flexibility index (Phi) is 2.12. The second-order valence-electron chi connectivity index (χ2n) is 3.74. The highest BCUT2D eigenvalue weighted by Crippen LogP contribution is 2.31. The molecule has 2 saturated heterocycles. The molecule has 0 N–H and O–H groups in total. The average Bonchev–Trinajstić information content (AvgIpc) is 2.93. The summed E-state index contributed by atoms with van der Waals surface area (Å²) in [5.74, 6) is -0.817. The van der Waals surface area contributed by atoms with E-state index in [1.165, 1.54) is 0 Å². The van der Waals surface area contributed by atoms with Crippen molar-refractivity contribution in [3.63, 3.8) is 0 Å². The number of hydrogen-bond acceptors (Lipinski definition) is 8. The number of carbonyl (C=O) groups is 1. The molecule has 3 heterocycles. The molecule has 2 fully saturated rings. The van der Waals surface area contributed by atoms with Gasteiger partial charge in [-0.3, -0.25) is 4.79 Å². The third-order valence-corrected chi connectivity index (χ3v) is 2.69. The second-order valence-corrected chi connectivity index (χ2v) is 3.74. The van der Waals surface area contributed by atoms with Gasteiger partial charge in [-0.05, 0) is 4.92 Å². The zero-order valence-corrected chi connectivity index (χ0v) is 8.42. The number of aromatic nitrogens is 4. The van der Waals surface area contributed by atoms with Crippen LogP contribution in [0.5, 0.6) is 0 Å². The van der Waals surface area contributed by atoms with Crippen LogP contribution < -0.4 is 0 Å². The number of ketones is 1. The standard InChI is InChI=1S/C7H7N5O5/c13-4-1-3(5-2-16-6(4)17-5)11-9-7(8-10-11)12(14)15/h3,5-6H,1-2H2/t3-,5+,6-/m0/s1. The first-order valence-corrected chi connectivity index (χ1v) is 4.89. The van der Waals surface area contributed by atoms with E-state index in [1.807, 2.05) is 0 Å². The lowest BCUT2D eigenvalue weighted by atomic mass is 10.0. The Morgan fingerprint density at radius 3 is 3.06 bits per heavy atom. The molecule has 90 valence electrons. The van der Waals surface area contributed by atoms with Gasteiger partial charge >= 0.3 is 5.95 Å². The third-order valence-electron chi connectivity index (χ3n) is 2.69. The zero-order chi connectivity index (χ0) is 12.0. The zero-order valence-electron chi connectivity index (χ0n) is 8.42. The van der Waals surface area contributed by atoms with Gasteiger partial charge < -0.3 is 19.6 Å². The Balaban J connectivity index is 1.87. The Bertz CT molecular complexity index is 487. The first kappa shape index (κ1) is 10.2. The van der Waals surface area contributed by atoms with E-state index in [-0.39, 0.29) is 24.9 Å². The lowest BCUT2D eigenvalue weighted by molar-refractivity contribution is -0.394. The Labute approximate surface area is 93.6 Å². The minimum atomic E-state index is -0.810. The molecule has 0 spiro atoms. The minimum Gasteiger partial charge on any atom is -0.390 e. The summed E-state index contributed by atoms with van der Waals surface area (Å²) < 4.78 is 10.4. The summed E-state index contributed by atoms with van der Waals surface area (Å²) in [4.78, 5) is 22.2. The average molecular weight is 241 g/mol. The van der Waals surface area contributed by atoms with Crippen LogP contribution in [0.2, 0.25) is 0 Å². The van der Waals surface area contributed by atoms with E-state index in [0.717, 1.165) is 4.80 Å². The predicted molar refractivity (Wildman–Crippen MR) is 47.7 cm³/mol. The third kappa shape index (κ3) is 1.57. The van der Waals surface area contributed by atoms with Gasteiger partial charge in [0.1, 0.15) is 12.1 Å². The summed E-state index contributed by atoms with van der Waals surface area (Å²) in [6.07, 6.45) is -1.05. The van der Waals surface area contributed by atoms with Crippen molar-refractivity contribution in [2.75, 3.05) is 6.61 Å². The SMILES string of the molecule is O=C1C[C@H](n2nnc([N+](=O)[O-])n2)[C@H]2CO[C@H]1O2. The van der Waals surface area contributed by atoms with Crippen molar-refractivity contribution in [3.8, 4) is 0 Å². The first-order valence-electron chi connectivity index (χ1n) is 4.89. The molecule has 1 aromatic heterocycles. The summed E-state index contributed by atoms with van der Waals surface area (Å²) in [7, 11) is 0. The maximum Gasteiger partial charge on any atom is 0.514 e. The molecular weight excluding hydrogens is 234 g/mol. The van der Waals surface area contributed by atoms with Crippen molar-refractivity contribution in [1.82, 2.24) is 20.2 Å². The van der Waals surface area contributed by atoms with Crippen molar-refractivity contribution in [3.05, 3.63) is 10.1 Å². The summed E-state index contributed by atoms with van der Waals surface area (Å²) in [6, 6.07) is -0.498. The molecular formula is C7H7N5O5. The van der Waals surface area contributed by atoms with Gasteiger partial charge in [0, 0.05) is 11.6 Å². The molecule has 0 aliphatic carbocycles. The van der Waals surface area contributed by atoms with E-state index in [2.05, 4.69) is 15.4 Å². The van der Waals surface area contributed by atoms with Gasteiger partial charge in [0.05, 0.1) is 16.8 Å². The Hall–Kier alpha value is -1.94. The molecule has 0 saturated carbocycles. The molecule has 0 aromatic carbocycles. The largest absolute Gasteiger partial charge is 0.514 e. The second kappa shape index (κ2) is 3.53. The fraction of sp³-hybridized carbons (Fsp3) is 0.714. The van der Waals surface area contributed by atoms with Gasteiger partial charge in [0.25, 0.3) is 0 Å². The van der Waals surface area contributed by atoms with Gasteiger partial charge in [-0.25, -0.2) is 0 Å². The minimum absolute atomic E-state index is 0.128. The number of tetrazole rings is 1. The lowest BCUT2D eigenvalue weighted by Crippen LogP contribution is -2.37. The molecule has 3 atom stereocenters. The van der Waals surface area contributed by atoms with Gasteiger partial charge in [-0.1, -0.05) is 4.80 Å². The van der Waals surface area contributed by atoms with Crippen LogP contribution in [0.4, 0.5) is 5.95 Å². The first-order chi connectivity index (χ1) is 8.15. The van der Waals surface area contributed by atoms with Crippen molar-refractivity contribution < 1.29 is 19.2 Å². The maximum atomic E-state index is 11.5. The fourth-order valence-corrected chi connectivity index (χ4v) is 1.89. The topological polar surface area (TPSA) is 122 Å². The highest BCUT2D eigenvalue weighted by Gasteiger charge is 2.46. The van der Waals surface area contributed by atoms with E-state index in [4.69, 9.17) is 9.47 Å². The van der Waals surface area contributed by atoms with Crippen LogP contribution in [0, 0.1) is 10.1 Å². The number of fused-ring (bicyclic) bond motifs is 2. The normalized spacial score (nSPS) is 31.8. The number of ether oxygens (including phenoxy) is 2. The van der Waals surface area contributed by atoms with Crippen molar-refractivity contribution in [1.29, 1.82) is 0 Å². The lowest BCUT2D eigenvalue weighted by Gasteiger charge is -2.23. The van der Waals surface area contributed by atoms with Crippen molar-refractivity contribution in [2.45, 2.75) is 24.9 Å². The van der Waals surface area contributed by atoms with Crippen molar-refractivity contribution in [2.24, 2.45) is 0 Å². The van der Waals surface area contributed by atoms with Gasteiger partial charge in [0.2, 0.25) is 6.29 Å². The van der Waals surface area contributed by atoms with E-state index >= 15 is 0 Å². The van der Waals surface area contributed by atoms with Crippen LogP contribution in [0.25, 0.3) is 0 Å². The van der Waals surface area contributed by atoms with Crippen molar-refractivity contribution >= 4 is 11.7 Å². The Morgan fingerprint density at radius 2 is 2.35 bits per heavy atom. The maximum absolute atomic E-state index is 11.5. The molecule has 2 aliphatic heterocycles. The van der Waals surface area contributed by atoms with Gasteiger partial charge in [-0.15, -0.1) is 0 Å². The van der Waals surface area contributed by atoms with Crippen LogP contribution >= 0.6 is 0 Å². The number of rotatable bonds is 2. The molecule has 1 aromatic rings. The quantitative estimate of drug-likeness (QED) is 0.469. The number of Topliss-reactive ketones (excluding diaryl/α,β-unsaturated/α-hetero) is 1. The van der Waals surface area contributed by atoms with Crippen LogP contribution in [0.3, 0.4) is 0 Å². The summed E-state index contributed by atoms with van der Waals surface area (Å²) in [6.45, 7) is 0.246. The number of nitrogens with zero attached hydrogens (tertiary/aromatic N) is 5. The molecule has 10 heteroatoms. The smallest absolute Gasteiger partial charge is 0.390 e. The summed E-state index contributed by atoms with van der Waals surface area (Å²) >= 11 is 0. The highest BCUT2D eigenvalue weighted by atomic mass is 16.7.